The quantitative estimate of drug-likeness (QED) is 0.582. The molecule has 1 fully saturated rings. The van der Waals surface area contributed by atoms with E-state index < -0.39 is 5.82 Å². The Balaban J connectivity index is 1.82. The Bertz CT molecular complexity index is 563. The lowest BCUT2D eigenvalue weighted by Gasteiger charge is -2.13. The Labute approximate surface area is 136 Å². The normalized spacial score (nSPS) is 20.7. The van der Waals surface area contributed by atoms with E-state index in [9.17, 15) is 14.0 Å². The van der Waals surface area contributed by atoms with E-state index in [1.54, 1.807) is 12.1 Å². The number of rotatable bonds is 7. The number of amides is 1. The van der Waals surface area contributed by atoms with E-state index >= 15 is 0 Å². The predicted octanol–water partition coefficient (Wildman–Crippen LogP) is 1.05. The highest BCUT2D eigenvalue weighted by molar-refractivity contribution is 5.99. The van der Waals surface area contributed by atoms with Crippen LogP contribution in [0.25, 0.3) is 0 Å². The van der Waals surface area contributed by atoms with Gasteiger partial charge in [-0.2, -0.15) is 0 Å². The second-order valence-corrected chi connectivity index (χ2v) is 6.19. The first-order chi connectivity index (χ1) is 11.0. The van der Waals surface area contributed by atoms with Gasteiger partial charge in [0.15, 0.2) is 5.78 Å². The molecular formula is C17H24FN3O2. The number of carbonyl (C=O) groups is 2. The molecule has 2 atom stereocenters. The molecule has 1 aliphatic heterocycles. The van der Waals surface area contributed by atoms with Crippen molar-refractivity contribution < 1.29 is 14.0 Å². The van der Waals surface area contributed by atoms with Crippen molar-refractivity contribution in [2.24, 2.45) is 5.92 Å². The highest BCUT2D eigenvalue weighted by Crippen LogP contribution is 2.21. The van der Waals surface area contributed by atoms with E-state index in [4.69, 9.17) is 0 Å². The van der Waals surface area contributed by atoms with E-state index in [-0.39, 0.29) is 29.2 Å². The Kier molecular flexibility index (Phi) is 6.24. The number of hydrogen-bond donors (Lipinski definition) is 2. The smallest absolute Gasteiger partial charge is 0.237 e. The Morgan fingerprint density at radius 1 is 1.35 bits per heavy atom. The van der Waals surface area contributed by atoms with E-state index in [0.717, 1.165) is 13.0 Å². The van der Waals surface area contributed by atoms with Gasteiger partial charge >= 0.3 is 0 Å². The highest BCUT2D eigenvalue weighted by Gasteiger charge is 2.34. The molecule has 0 spiro atoms. The van der Waals surface area contributed by atoms with E-state index in [0.29, 0.717) is 19.5 Å². The molecule has 126 valence electrons. The van der Waals surface area contributed by atoms with Crippen LogP contribution in [0, 0.1) is 11.7 Å². The number of ketones is 1. The van der Waals surface area contributed by atoms with Gasteiger partial charge in [-0.1, -0.05) is 12.1 Å². The maximum atomic E-state index is 13.7. The minimum absolute atomic E-state index is 0.0902. The molecule has 0 bridgehead atoms. The zero-order chi connectivity index (χ0) is 16.8. The van der Waals surface area contributed by atoms with Gasteiger partial charge in [0.2, 0.25) is 5.91 Å². The average molecular weight is 321 g/mol. The lowest BCUT2D eigenvalue weighted by Crippen LogP contribution is -2.41. The minimum atomic E-state index is -0.505. The molecule has 1 amide bonds. The Hall–Kier alpha value is -1.79. The van der Waals surface area contributed by atoms with E-state index in [2.05, 4.69) is 15.5 Å². The van der Waals surface area contributed by atoms with Gasteiger partial charge in [0.25, 0.3) is 0 Å². The van der Waals surface area contributed by atoms with Gasteiger partial charge < -0.3 is 15.5 Å². The van der Waals surface area contributed by atoms with Crippen molar-refractivity contribution in [2.45, 2.75) is 18.9 Å². The summed E-state index contributed by atoms with van der Waals surface area (Å²) in [6, 6.07) is 5.60. The van der Waals surface area contributed by atoms with Gasteiger partial charge in [-0.25, -0.2) is 4.39 Å². The van der Waals surface area contributed by atoms with Crippen LogP contribution < -0.4 is 10.6 Å². The van der Waals surface area contributed by atoms with Crippen molar-refractivity contribution in [3.8, 4) is 0 Å². The number of hydrogen-bond acceptors (Lipinski definition) is 4. The molecule has 2 rings (SSSR count). The first-order valence-corrected chi connectivity index (χ1v) is 7.93. The number of nitrogens with zero attached hydrogens (tertiary/aromatic N) is 1. The van der Waals surface area contributed by atoms with Gasteiger partial charge in [-0.05, 0) is 45.6 Å². The monoisotopic (exact) mass is 321 g/mol. The molecule has 1 aliphatic rings. The predicted molar refractivity (Wildman–Crippen MR) is 86.8 cm³/mol. The van der Waals surface area contributed by atoms with Crippen LogP contribution in [0.15, 0.2) is 24.3 Å². The molecule has 1 aromatic carbocycles. The second kappa shape index (κ2) is 8.17. The summed E-state index contributed by atoms with van der Waals surface area (Å²) in [6.45, 7) is 1.93. The van der Waals surface area contributed by atoms with Crippen LogP contribution in [0.4, 0.5) is 4.39 Å². The maximum Gasteiger partial charge on any atom is 0.237 e. The maximum absolute atomic E-state index is 13.7. The summed E-state index contributed by atoms with van der Waals surface area (Å²) in [5.41, 5.74) is 0.103. The Morgan fingerprint density at radius 2 is 2.09 bits per heavy atom. The van der Waals surface area contributed by atoms with Gasteiger partial charge in [-0.3, -0.25) is 9.59 Å². The molecule has 2 N–H and O–H groups in total. The zero-order valence-corrected chi connectivity index (χ0v) is 13.6. The van der Waals surface area contributed by atoms with Gasteiger partial charge in [0.1, 0.15) is 5.82 Å². The number of nitrogens with one attached hydrogen (secondary N) is 2. The molecule has 1 heterocycles. The third-order valence-corrected chi connectivity index (χ3v) is 4.04. The van der Waals surface area contributed by atoms with E-state index in [1.807, 2.05) is 14.1 Å². The van der Waals surface area contributed by atoms with Crippen LogP contribution >= 0.6 is 0 Å². The molecular weight excluding hydrogens is 297 g/mol. The molecule has 0 radical (unpaired) electrons. The van der Waals surface area contributed by atoms with Crippen molar-refractivity contribution in [3.05, 3.63) is 35.6 Å². The third-order valence-electron chi connectivity index (χ3n) is 4.04. The second-order valence-electron chi connectivity index (χ2n) is 6.19. The summed E-state index contributed by atoms with van der Waals surface area (Å²) in [5, 5.41) is 5.94. The standard InChI is InChI=1S/C17H24FN3O2/c1-21(2)9-5-8-19-17(23)15-10-12(11-20-15)16(22)13-6-3-4-7-14(13)18/h3-4,6-7,12,15,20H,5,8-11H2,1-2H3,(H,19,23). The summed E-state index contributed by atoms with van der Waals surface area (Å²) < 4.78 is 13.7. The van der Waals surface area contributed by atoms with Crippen molar-refractivity contribution in [2.75, 3.05) is 33.7 Å². The van der Waals surface area contributed by atoms with E-state index in [1.165, 1.54) is 12.1 Å². The minimum Gasteiger partial charge on any atom is -0.355 e. The summed E-state index contributed by atoms with van der Waals surface area (Å²) in [7, 11) is 3.97. The molecule has 6 heteroatoms. The fraction of sp³-hybridized carbons (Fsp3) is 0.529. The fourth-order valence-corrected chi connectivity index (χ4v) is 2.75. The zero-order valence-electron chi connectivity index (χ0n) is 13.6. The van der Waals surface area contributed by atoms with Crippen LogP contribution in [-0.4, -0.2) is 56.4 Å². The number of carbonyl (C=O) groups excluding carboxylic acids is 2. The highest BCUT2D eigenvalue weighted by atomic mass is 19.1. The number of benzene rings is 1. The van der Waals surface area contributed by atoms with Gasteiger partial charge in [-0.15, -0.1) is 0 Å². The largest absolute Gasteiger partial charge is 0.355 e. The summed E-state index contributed by atoms with van der Waals surface area (Å²) >= 11 is 0. The van der Waals surface area contributed by atoms with Crippen LogP contribution in [0.3, 0.4) is 0 Å². The molecule has 23 heavy (non-hydrogen) atoms. The number of Topliss-reactive ketones (excluding diaryl/α,β-unsaturated/α-hetero) is 1. The molecule has 1 aromatic rings. The van der Waals surface area contributed by atoms with Crippen molar-refractivity contribution in [1.29, 1.82) is 0 Å². The molecule has 2 unspecified atom stereocenters. The first kappa shape index (κ1) is 17.6. The first-order valence-electron chi connectivity index (χ1n) is 7.93. The fourth-order valence-electron chi connectivity index (χ4n) is 2.75. The topological polar surface area (TPSA) is 61.4 Å². The van der Waals surface area contributed by atoms with Crippen molar-refractivity contribution in [3.63, 3.8) is 0 Å². The molecule has 0 aliphatic carbocycles. The van der Waals surface area contributed by atoms with Crippen molar-refractivity contribution >= 4 is 11.7 Å². The molecule has 5 nitrogen and oxygen atoms in total. The van der Waals surface area contributed by atoms with Crippen LogP contribution in [-0.2, 0) is 4.79 Å². The Morgan fingerprint density at radius 3 is 2.78 bits per heavy atom. The molecule has 0 saturated carbocycles. The SMILES string of the molecule is CN(C)CCCNC(=O)C1CC(C(=O)c2ccccc2F)CN1. The average Bonchev–Trinajstić information content (AvgIpc) is 3.01. The third kappa shape index (κ3) is 4.84. The van der Waals surface area contributed by atoms with Crippen LogP contribution in [0.5, 0.6) is 0 Å². The lowest BCUT2D eigenvalue weighted by atomic mass is 9.94. The molecule has 0 aromatic heterocycles. The van der Waals surface area contributed by atoms with Crippen molar-refractivity contribution in [1.82, 2.24) is 15.5 Å². The summed E-state index contributed by atoms with van der Waals surface area (Å²) in [5.74, 6) is -1.19. The molecule has 1 saturated heterocycles. The van der Waals surface area contributed by atoms with Crippen LogP contribution in [0.1, 0.15) is 23.2 Å². The summed E-state index contributed by atoms with van der Waals surface area (Å²) in [4.78, 5) is 26.5. The van der Waals surface area contributed by atoms with Gasteiger partial charge in [0.05, 0.1) is 11.6 Å². The van der Waals surface area contributed by atoms with Gasteiger partial charge in [0, 0.05) is 19.0 Å². The lowest BCUT2D eigenvalue weighted by molar-refractivity contribution is -0.122. The van der Waals surface area contributed by atoms with Crippen LogP contribution in [0.2, 0.25) is 0 Å². The number of halogens is 1. The summed E-state index contributed by atoms with van der Waals surface area (Å²) in [6.07, 6.45) is 1.29.